The van der Waals surface area contributed by atoms with Gasteiger partial charge in [0.25, 0.3) is 0 Å². The van der Waals surface area contributed by atoms with Gasteiger partial charge in [0.2, 0.25) is 5.91 Å². The molecule has 112 valence electrons. The predicted octanol–water partition coefficient (Wildman–Crippen LogP) is 0.714. The minimum atomic E-state index is -0.499. The van der Waals surface area contributed by atoms with Crippen LogP contribution in [0.3, 0.4) is 0 Å². The Hall–Kier alpha value is -2.77. The molecule has 2 rings (SSSR count). The number of furan rings is 1. The lowest BCUT2D eigenvalue weighted by molar-refractivity contribution is -0.118. The summed E-state index contributed by atoms with van der Waals surface area (Å²) < 4.78 is 6.57. The number of carbonyl (C=O) groups excluding carboxylic acids is 2. The molecule has 2 aromatic heterocycles. The van der Waals surface area contributed by atoms with Crippen molar-refractivity contribution in [3.8, 4) is 0 Å². The number of carbonyl (C=O) groups is 2. The van der Waals surface area contributed by atoms with Crippen LogP contribution in [-0.2, 0) is 17.8 Å². The van der Waals surface area contributed by atoms with Crippen molar-refractivity contribution in [2.24, 2.45) is 5.73 Å². The molecule has 0 saturated carbocycles. The number of urea groups is 1. The molecular formula is C13H17N5O3. The number of hydrogen-bond acceptors (Lipinski definition) is 4. The summed E-state index contributed by atoms with van der Waals surface area (Å²) >= 11 is 0. The third kappa shape index (κ3) is 4.68. The van der Waals surface area contributed by atoms with Crippen LogP contribution in [0.1, 0.15) is 12.7 Å². The molecule has 0 spiro atoms. The molecule has 8 nitrogen and oxygen atoms in total. The Balaban J connectivity index is 1.81. The summed E-state index contributed by atoms with van der Waals surface area (Å²) in [6.07, 6.45) is 5.16. The van der Waals surface area contributed by atoms with Crippen molar-refractivity contribution in [3.63, 3.8) is 0 Å². The van der Waals surface area contributed by atoms with E-state index < -0.39 is 5.91 Å². The minimum Gasteiger partial charge on any atom is -0.469 e. The van der Waals surface area contributed by atoms with Gasteiger partial charge in [-0.2, -0.15) is 5.10 Å². The minimum absolute atomic E-state index is 0.0296. The molecule has 4 N–H and O–H groups in total. The van der Waals surface area contributed by atoms with Crippen LogP contribution < -0.4 is 16.4 Å². The second kappa shape index (κ2) is 6.60. The Morgan fingerprint density at radius 2 is 2.33 bits per heavy atom. The van der Waals surface area contributed by atoms with Gasteiger partial charge in [0.05, 0.1) is 18.1 Å². The lowest BCUT2D eigenvalue weighted by atomic mass is 10.2. The first-order valence-electron chi connectivity index (χ1n) is 6.43. The number of amides is 3. The topological polar surface area (TPSA) is 115 Å². The van der Waals surface area contributed by atoms with E-state index in [1.165, 1.54) is 17.1 Å². The van der Waals surface area contributed by atoms with Gasteiger partial charge < -0.3 is 20.8 Å². The maximum absolute atomic E-state index is 11.8. The van der Waals surface area contributed by atoms with E-state index in [9.17, 15) is 9.59 Å². The molecule has 1 atom stereocenters. The van der Waals surface area contributed by atoms with Crippen LogP contribution in [0.5, 0.6) is 0 Å². The van der Waals surface area contributed by atoms with Crippen molar-refractivity contribution >= 4 is 17.6 Å². The van der Waals surface area contributed by atoms with Crippen LogP contribution in [-0.4, -0.2) is 27.8 Å². The van der Waals surface area contributed by atoms with Gasteiger partial charge in [-0.1, -0.05) is 0 Å². The van der Waals surface area contributed by atoms with E-state index in [4.69, 9.17) is 10.2 Å². The molecular weight excluding hydrogens is 274 g/mol. The Kier molecular flexibility index (Phi) is 4.60. The molecule has 8 heteroatoms. The number of aromatic nitrogens is 2. The molecule has 2 aromatic rings. The van der Waals surface area contributed by atoms with E-state index in [0.717, 1.165) is 5.76 Å². The molecule has 2 heterocycles. The third-order valence-corrected chi connectivity index (χ3v) is 2.67. The molecule has 3 amide bonds. The van der Waals surface area contributed by atoms with E-state index in [1.54, 1.807) is 12.3 Å². The SMILES string of the molecule is C[C@H](Cc1ccco1)NC(=O)Nc1cnn(CC(N)=O)c1. The maximum Gasteiger partial charge on any atom is 0.319 e. The summed E-state index contributed by atoms with van der Waals surface area (Å²) in [5.74, 6) is 0.304. The van der Waals surface area contributed by atoms with Gasteiger partial charge in [0, 0.05) is 18.7 Å². The van der Waals surface area contributed by atoms with E-state index in [-0.39, 0.29) is 18.6 Å². The van der Waals surface area contributed by atoms with E-state index in [2.05, 4.69) is 15.7 Å². The zero-order chi connectivity index (χ0) is 15.2. The predicted molar refractivity (Wildman–Crippen MR) is 75.4 cm³/mol. The zero-order valence-electron chi connectivity index (χ0n) is 11.6. The monoisotopic (exact) mass is 291 g/mol. The van der Waals surface area contributed by atoms with Crippen LogP contribution in [0, 0.1) is 0 Å². The van der Waals surface area contributed by atoms with Crippen molar-refractivity contribution in [2.45, 2.75) is 25.9 Å². The fraction of sp³-hybridized carbons (Fsp3) is 0.308. The van der Waals surface area contributed by atoms with E-state index in [0.29, 0.717) is 12.1 Å². The number of nitrogens with two attached hydrogens (primary N) is 1. The van der Waals surface area contributed by atoms with Crippen LogP contribution in [0.2, 0.25) is 0 Å². The highest BCUT2D eigenvalue weighted by Gasteiger charge is 2.10. The highest BCUT2D eigenvalue weighted by molar-refractivity contribution is 5.89. The van der Waals surface area contributed by atoms with E-state index >= 15 is 0 Å². The van der Waals surface area contributed by atoms with Gasteiger partial charge >= 0.3 is 6.03 Å². The van der Waals surface area contributed by atoms with Crippen molar-refractivity contribution in [1.82, 2.24) is 15.1 Å². The van der Waals surface area contributed by atoms with Crippen molar-refractivity contribution < 1.29 is 14.0 Å². The highest BCUT2D eigenvalue weighted by Crippen LogP contribution is 2.06. The quantitative estimate of drug-likeness (QED) is 0.727. The highest BCUT2D eigenvalue weighted by atomic mass is 16.3. The van der Waals surface area contributed by atoms with Crippen LogP contribution >= 0.6 is 0 Å². The number of rotatable bonds is 6. The standard InChI is InChI=1S/C13H17N5O3/c1-9(5-11-3-2-4-21-11)16-13(20)17-10-6-15-18(7-10)8-12(14)19/h2-4,6-7,9H,5,8H2,1H3,(H2,14,19)(H2,16,17,20)/t9-/m1/s1. The Morgan fingerprint density at radius 1 is 1.52 bits per heavy atom. The number of anilines is 1. The Morgan fingerprint density at radius 3 is 3.00 bits per heavy atom. The molecule has 0 bridgehead atoms. The van der Waals surface area contributed by atoms with Gasteiger partial charge in [-0.15, -0.1) is 0 Å². The summed E-state index contributed by atoms with van der Waals surface area (Å²) in [7, 11) is 0. The van der Waals surface area contributed by atoms with Gasteiger partial charge in [-0.25, -0.2) is 4.79 Å². The largest absolute Gasteiger partial charge is 0.469 e. The summed E-state index contributed by atoms with van der Waals surface area (Å²) in [6, 6.07) is 3.21. The first-order chi connectivity index (χ1) is 10.0. The van der Waals surface area contributed by atoms with Crippen molar-refractivity contribution in [3.05, 3.63) is 36.5 Å². The fourth-order valence-electron chi connectivity index (χ4n) is 1.85. The molecule has 21 heavy (non-hydrogen) atoms. The molecule has 0 saturated heterocycles. The number of primary amides is 1. The average Bonchev–Trinajstić information content (AvgIpc) is 3.00. The molecule has 0 aromatic carbocycles. The second-order valence-corrected chi connectivity index (χ2v) is 4.68. The average molecular weight is 291 g/mol. The smallest absolute Gasteiger partial charge is 0.319 e. The van der Waals surface area contributed by atoms with Gasteiger partial charge in [-0.3, -0.25) is 9.48 Å². The molecule has 0 unspecified atom stereocenters. The summed E-state index contributed by atoms with van der Waals surface area (Å²) in [4.78, 5) is 22.6. The maximum atomic E-state index is 11.8. The summed E-state index contributed by atoms with van der Waals surface area (Å²) in [5, 5.41) is 9.32. The number of hydrogen-bond donors (Lipinski definition) is 3. The van der Waals surface area contributed by atoms with Gasteiger partial charge in [0.15, 0.2) is 0 Å². The van der Waals surface area contributed by atoms with Crippen molar-refractivity contribution in [2.75, 3.05) is 5.32 Å². The molecule has 0 aliphatic heterocycles. The number of nitrogens with one attached hydrogen (secondary N) is 2. The molecule has 0 aliphatic rings. The molecule has 0 aliphatic carbocycles. The normalized spacial score (nSPS) is 11.9. The van der Waals surface area contributed by atoms with Gasteiger partial charge in [0.1, 0.15) is 12.3 Å². The number of nitrogens with zero attached hydrogens (tertiary/aromatic N) is 2. The zero-order valence-corrected chi connectivity index (χ0v) is 11.6. The lowest BCUT2D eigenvalue weighted by Crippen LogP contribution is -2.37. The van der Waals surface area contributed by atoms with Crippen LogP contribution in [0.25, 0.3) is 0 Å². The fourth-order valence-corrected chi connectivity index (χ4v) is 1.85. The molecule has 0 fully saturated rings. The third-order valence-electron chi connectivity index (χ3n) is 2.67. The van der Waals surface area contributed by atoms with Gasteiger partial charge in [-0.05, 0) is 19.1 Å². The second-order valence-electron chi connectivity index (χ2n) is 4.68. The van der Waals surface area contributed by atoms with Crippen LogP contribution in [0.4, 0.5) is 10.5 Å². The molecule has 0 radical (unpaired) electrons. The first-order valence-corrected chi connectivity index (χ1v) is 6.43. The van der Waals surface area contributed by atoms with E-state index in [1.807, 2.05) is 13.0 Å². The van der Waals surface area contributed by atoms with Crippen molar-refractivity contribution in [1.29, 1.82) is 0 Å². The van der Waals surface area contributed by atoms with Crippen LogP contribution in [0.15, 0.2) is 35.2 Å². The Bertz CT molecular complexity index is 605. The lowest BCUT2D eigenvalue weighted by Gasteiger charge is -2.12. The summed E-state index contributed by atoms with van der Waals surface area (Å²) in [5.41, 5.74) is 5.54. The first kappa shape index (κ1) is 14.6. The summed E-state index contributed by atoms with van der Waals surface area (Å²) in [6.45, 7) is 1.84. The Labute approximate surface area is 121 Å².